The van der Waals surface area contributed by atoms with E-state index in [4.69, 9.17) is 0 Å². The molecule has 2 aliphatic heterocycles. The van der Waals surface area contributed by atoms with Crippen LogP contribution in [0, 0.1) is 0 Å². The van der Waals surface area contributed by atoms with Crippen LogP contribution >= 0.6 is 16.1 Å². The topological polar surface area (TPSA) is 3.24 Å². The fourth-order valence-corrected chi connectivity index (χ4v) is 14.4. The molecule has 1 fully saturated rings. The molecule has 2 heterocycles. The van der Waals surface area contributed by atoms with Crippen molar-refractivity contribution < 1.29 is 0 Å². The molecule has 0 bridgehead atoms. The summed E-state index contributed by atoms with van der Waals surface area (Å²) in [5.74, 6) is 0. The van der Waals surface area contributed by atoms with Gasteiger partial charge in [-0.25, -0.2) is 0 Å². The van der Waals surface area contributed by atoms with Crippen LogP contribution in [0.3, 0.4) is 0 Å². The first-order chi connectivity index (χ1) is 16.8. The molecule has 3 aromatic rings. The van der Waals surface area contributed by atoms with Crippen LogP contribution < -0.4 is 5.30 Å². The smallest absolute Gasteiger partial charge is 0.0183 e. The average Bonchev–Trinajstić information content (AvgIpc) is 3.25. The third-order valence-electron chi connectivity index (χ3n) is 7.67. The Bertz CT molecular complexity index is 990. The van der Waals surface area contributed by atoms with E-state index in [1.807, 2.05) is 0 Å². The molecule has 0 aliphatic carbocycles. The summed E-state index contributed by atoms with van der Waals surface area (Å²) in [7, 11) is -0.657. The fraction of sp³-hybridized carbons (Fsp3) is 0.419. The molecule has 3 heteroatoms. The van der Waals surface area contributed by atoms with Gasteiger partial charge in [-0.3, -0.25) is 4.44 Å². The van der Waals surface area contributed by atoms with Crippen LogP contribution in [0.15, 0.2) is 84.9 Å². The first kappa shape index (κ1) is 24.2. The van der Waals surface area contributed by atoms with Gasteiger partial charge in [0.1, 0.15) is 0 Å². The minimum absolute atomic E-state index is 0.323. The summed E-state index contributed by atoms with van der Waals surface area (Å²) < 4.78 is 3.13. The normalized spacial score (nSPS) is 25.3. The van der Waals surface area contributed by atoms with Crippen molar-refractivity contribution in [3.05, 3.63) is 102 Å². The van der Waals surface area contributed by atoms with Gasteiger partial charge in [-0.15, -0.1) is 0 Å². The molecule has 1 nitrogen and oxygen atoms in total. The maximum Gasteiger partial charge on any atom is 0.0183 e. The van der Waals surface area contributed by atoms with Crippen LogP contribution in [0.25, 0.3) is 0 Å². The van der Waals surface area contributed by atoms with Crippen molar-refractivity contribution >= 4 is 21.4 Å². The standard InChI is InChI=1S/C31H39NP2/c1-3-4-24-32(33-25(2)14-13-20-28-19-11-12-21-29(28)33)34-30(26-15-7-5-8-16-26)22-23-31(34)27-17-9-6-10-18-27/h5-12,15-19,21,25,30-31H,3-4,13-14,20,22-24H2,1-2H3/t25?,30-,31-,33?/m0/s1. The molecule has 0 saturated carbocycles. The highest BCUT2D eigenvalue weighted by molar-refractivity contribution is 7.75. The van der Waals surface area contributed by atoms with Gasteiger partial charge in [0, 0.05) is 25.9 Å². The first-order valence-corrected chi connectivity index (χ1v) is 16.1. The molecular weight excluding hydrogens is 448 g/mol. The Kier molecular flexibility index (Phi) is 8.16. The quantitative estimate of drug-likeness (QED) is 0.300. The van der Waals surface area contributed by atoms with E-state index >= 15 is 0 Å². The van der Waals surface area contributed by atoms with Gasteiger partial charge in [0.05, 0.1) is 0 Å². The predicted molar refractivity (Wildman–Crippen MR) is 152 cm³/mol. The van der Waals surface area contributed by atoms with Gasteiger partial charge in [-0.1, -0.05) is 105 Å². The third kappa shape index (κ3) is 5.04. The number of unbranched alkanes of at least 4 members (excludes halogenated alkanes) is 1. The fourth-order valence-electron chi connectivity index (χ4n) is 5.99. The number of fused-ring (bicyclic) bond motifs is 1. The second-order valence-corrected chi connectivity index (χ2v) is 15.3. The molecule has 3 aromatic carbocycles. The van der Waals surface area contributed by atoms with Gasteiger partial charge in [-0.2, -0.15) is 0 Å². The van der Waals surface area contributed by atoms with Gasteiger partial charge >= 0.3 is 0 Å². The third-order valence-corrected chi connectivity index (χ3v) is 14.7. The molecule has 1 saturated heterocycles. The lowest BCUT2D eigenvalue weighted by molar-refractivity contribution is 0.616. The second-order valence-electron chi connectivity index (χ2n) is 9.97. The van der Waals surface area contributed by atoms with Crippen molar-refractivity contribution in [2.75, 3.05) is 6.54 Å². The number of nitrogens with zero attached hydrogens (tertiary/aromatic N) is 1. The Hall–Kier alpha value is -1.52. The van der Waals surface area contributed by atoms with Crippen LogP contribution in [0.2, 0.25) is 0 Å². The largest absolute Gasteiger partial charge is 0.255 e. The molecule has 5 rings (SSSR count). The zero-order chi connectivity index (χ0) is 23.3. The van der Waals surface area contributed by atoms with Gasteiger partial charge in [0.2, 0.25) is 0 Å². The molecule has 2 unspecified atom stereocenters. The second kappa shape index (κ2) is 11.5. The highest BCUT2D eigenvalue weighted by atomic mass is 31.2. The summed E-state index contributed by atoms with van der Waals surface area (Å²) in [5, 5.41) is 1.69. The summed E-state index contributed by atoms with van der Waals surface area (Å²) in [6.45, 7) is 6.17. The van der Waals surface area contributed by atoms with Crippen LogP contribution in [0.5, 0.6) is 0 Å². The lowest BCUT2D eigenvalue weighted by Crippen LogP contribution is -2.27. The molecule has 34 heavy (non-hydrogen) atoms. The Morgan fingerprint density at radius 1 is 0.765 bits per heavy atom. The van der Waals surface area contributed by atoms with Crippen molar-refractivity contribution in [3.63, 3.8) is 0 Å². The van der Waals surface area contributed by atoms with Crippen molar-refractivity contribution in [2.24, 2.45) is 0 Å². The van der Waals surface area contributed by atoms with E-state index in [0.29, 0.717) is 11.3 Å². The molecule has 0 amide bonds. The zero-order valence-corrected chi connectivity index (χ0v) is 22.6. The summed E-state index contributed by atoms with van der Waals surface area (Å²) >= 11 is 0. The predicted octanol–water partition coefficient (Wildman–Crippen LogP) is 9.21. The molecule has 4 atom stereocenters. The lowest BCUT2D eigenvalue weighted by Gasteiger charge is -2.44. The molecular formula is C31H39NP2. The Morgan fingerprint density at radius 3 is 1.97 bits per heavy atom. The summed E-state index contributed by atoms with van der Waals surface area (Å²) in [4.78, 5) is 0. The van der Waals surface area contributed by atoms with Gasteiger partial charge < -0.3 is 0 Å². The first-order valence-electron chi connectivity index (χ1n) is 13.3. The van der Waals surface area contributed by atoms with Crippen molar-refractivity contribution in [3.8, 4) is 0 Å². The van der Waals surface area contributed by atoms with Gasteiger partial charge in [0.25, 0.3) is 0 Å². The van der Waals surface area contributed by atoms with Crippen molar-refractivity contribution in [2.45, 2.75) is 75.8 Å². The van der Waals surface area contributed by atoms with Crippen molar-refractivity contribution in [1.29, 1.82) is 0 Å². The van der Waals surface area contributed by atoms with E-state index in [0.717, 1.165) is 5.66 Å². The monoisotopic (exact) mass is 487 g/mol. The van der Waals surface area contributed by atoms with Crippen LogP contribution in [-0.4, -0.2) is 16.6 Å². The highest BCUT2D eigenvalue weighted by Crippen LogP contribution is 2.77. The molecule has 2 aliphatic rings. The lowest BCUT2D eigenvalue weighted by atomic mass is 10.0. The van der Waals surface area contributed by atoms with E-state index in [2.05, 4.69) is 103 Å². The highest BCUT2D eigenvalue weighted by Gasteiger charge is 2.45. The number of hydrogen-bond acceptors (Lipinski definition) is 1. The molecule has 0 aromatic heterocycles. The van der Waals surface area contributed by atoms with Gasteiger partial charge in [0.15, 0.2) is 0 Å². The van der Waals surface area contributed by atoms with Crippen LogP contribution in [0.1, 0.15) is 80.4 Å². The number of benzene rings is 3. The van der Waals surface area contributed by atoms with Crippen LogP contribution in [-0.2, 0) is 6.42 Å². The molecule has 0 radical (unpaired) electrons. The average molecular weight is 488 g/mol. The number of aryl methyl sites for hydroxylation is 1. The Morgan fingerprint density at radius 2 is 1.35 bits per heavy atom. The van der Waals surface area contributed by atoms with Crippen molar-refractivity contribution in [1.82, 2.24) is 4.44 Å². The number of rotatable bonds is 7. The number of hydrogen-bond donors (Lipinski definition) is 0. The summed E-state index contributed by atoms with van der Waals surface area (Å²) in [6.07, 6.45) is 9.15. The summed E-state index contributed by atoms with van der Waals surface area (Å²) in [6, 6.07) is 32.5. The van der Waals surface area contributed by atoms with E-state index in [1.54, 1.807) is 22.0 Å². The summed E-state index contributed by atoms with van der Waals surface area (Å²) in [5.41, 5.74) is 6.86. The van der Waals surface area contributed by atoms with Crippen LogP contribution in [0.4, 0.5) is 0 Å². The minimum Gasteiger partial charge on any atom is -0.255 e. The molecule has 178 valence electrons. The maximum absolute atomic E-state index is 3.13. The minimum atomic E-state index is -0.333. The Balaban J connectivity index is 1.62. The van der Waals surface area contributed by atoms with E-state index < -0.39 is 0 Å². The zero-order valence-electron chi connectivity index (χ0n) is 20.8. The maximum atomic E-state index is 3.13. The van der Waals surface area contributed by atoms with E-state index in [9.17, 15) is 0 Å². The molecule has 0 spiro atoms. The van der Waals surface area contributed by atoms with E-state index in [-0.39, 0.29) is 16.1 Å². The molecule has 0 N–H and O–H groups in total. The van der Waals surface area contributed by atoms with Gasteiger partial charge in [-0.05, 0) is 74.3 Å². The Labute approximate surface area is 209 Å². The van der Waals surface area contributed by atoms with E-state index in [1.165, 1.54) is 51.5 Å². The SMILES string of the molecule is CCCCN(P1c2ccccc2CCCC1C)P1[C@H](c2ccccc2)CC[C@H]1c1ccccc1.